The lowest BCUT2D eigenvalue weighted by Gasteiger charge is -2.07. The third-order valence-corrected chi connectivity index (χ3v) is 3.13. The summed E-state index contributed by atoms with van der Waals surface area (Å²) < 4.78 is 1.16. The fraction of sp³-hybridized carbons (Fsp3) is 0.300. The van der Waals surface area contributed by atoms with Gasteiger partial charge in [0.1, 0.15) is 0 Å². The first-order valence-electron chi connectivity index (χ1n) is 3.80. The predicted octanol–water partition coefficient (Wildman–Crippen LogP) is 3.11. The first-order chi connectivity index (χ1) is 5.54. The molecule has 64 valence electrons. The molecular formula is C10H11IO. The second-order valence-electron chi connectivity index (χ2n) is 2.92. The maximum atomic E-state index is 11.2. The normalized spacial score (nSPS) is 10.0. The molecule has 1 rings (SSSR count). The Morgan fingerprint density at radius 2 is 1.92 bits per heavy atom. The van der Waals surface area contributed by atoms with Gasteiger partial charge in [-0.1, -0.05) is 6.07 Å². The number of carbonyl (C=O) groups is 1. The van der Waals surface area contributed by atoms with Crippen LogP contribution in [0.3, 0.4) is 0 Å². The number of carbonyl (C=O) groups excluding carboxylic acids is 1. The molecule has 0 bridgehead atoms. The van der Waals surface area contributed by atoms with Gasteiger partial charge in [-0.15, -0.1) is 0 Å². The highest BCUT2D eigenvalue weighted by molar-refractivity contribution is 14.1. The monoisotopic (exact) mass is 274 g/mol. The molecule has 0 aliphatic carbocycles. The Morgan fingerprint density at radius 3 is 2.33 bits per heavy atom. The SMILES string of the molecule is CC(=O)c1c(C)ccc(I)c1C. The van der Waals surface area contributed by atoms with Gasteiger partial charge < -0.3 is 0 Å². The van der Waals surface area contributed by atoms with E-state index >= 15 is 0 Å². The van der Waals surface area contributed by atoms with Gasteiger partial charge in [0.2, 0.25) is 0 Å². The zero-order chi connectivity index (χ0) is 9.30. The van der Waals surface area contributed by atoms with Crippen molar-refractivity contribution in [3.63, 3.8) is 0 Å². The van der Waals surface area contributed by atoms with E-state index in [1.165, 1.54) is 0 Å². The van der Waals surface area contributed by atoms with Crippen molar-refractivity contribution in [1.82, 2.24) is 0 Å². The molecule has 0 spiro atoms. The van der Waals surface area contributed by atoms with Crippen LogP contribution in [0.25, 0.3) is 0 Å². The number of rotatable bonds is 1. The minimum Gasteiger partial charge on any atom is -0.294 e. The third-order valence-electron chi connectivity index (χ3n) is 1.96. The minimum atomic E-state index is 0.156. The van der Waals surface area contributed by atoms with Crippen LogP contribution in [0.15, 0.2) is 12.1 Å². The molecule has 0 N–H and O–H groups in total. The van der Waals surface area contributed by atoms with Crippen molar-refractivity contribution < 1.29 is 4.79 Å². The predicted molar refractivity (Wildman–Crippen MR) is 58.6 cm³/mol. The number of ketones is 1. The molecule has 0 unspecified atom stereocenters. The fourth-order valence-corrected chi connectivity index (χ4v) is 1.81. The van der Waals surface area contributed by atoms with E-state index < -0.39 is 0 Å². The number of halogens is 1. The Hall–Kier alpha value is -0.380. The van der Waals surface area contributed by atoms with Gasteiger partial charge in [-0.3, -0.25) is 4.79 Å². The van der Waals surface area contributed by atoms with Crippen molar-refractivity contribution in [2.24, 2.45) is 0 Å². The Bertz CT molecular complexity index is 329. The summed E-state index contributed by atoms with van der Waals surface area (Å²) in [4.78, 5) is 11.2. The fourth-order valence-electron chi connectivity index (χ4n) is 1.36. The van der Waals surface area contributed by atoms with Crippen molar-refractivity contribution in [1.29, 1.82) is 0 Å². The zero-order valence-corrected chi connectivity index (χ0v) is 9.60. The maximum Gasteiger partial charge on any atom is 0.160 e. The van der Waals surface area contributed by atoms with E-state index in [2.05, 4.69) is 22.6 Å². The van der Waals surface area contributed by atoms with Crippen LogP contribution in [-0.2, 0) is 0 Å². The molecule has 0 aromatic heterocycles. The Morgan fingerprint density at radius 1 is 1.33 bits per heavy atom. The quantitative estimate of drug-likeness (QED) is 0.568. The largest absolute Gasteiger partial charge is 0.294 e. The Balaban J connectivity index is 3.43. The van der Waals surface area contributed by atoms with Crippen molar-refractivity contribution >= 4 is 28.4 Å². The lowest BCUT2D eigenvalue weighted by molar-refractivity contribution is 0.101. The molecule has 0 saturated carbocycles. The minimum absolute atomic E-state index is 0.156. The molecule has 0 fully saturated rings. The molecular weight excluding hydrogens is 263 g/mol. The number of hydrogen-bond donors (Lipinski definition) is 0. The topological polar surface area (TPSA) is 17.1 Å². The molecule has 0 amide bonds. The molecule has 1 nitrogen and oxygen atoms in total. The summed E-state index contributed by atoms with van der Waals surface area (Å²) in [6.45, 7) is 5.58. The van der Waals surface area contributed by atoms with E-state index in [0.717, 1.165) is 20.3 Å². The zero-order valence-electron chi connectivity index (χ0n) is 7.44. The van der Waals surface area contributed by atoms with Gasteiger partial charge in [-0.25, -0.2) is 0 Å². The second-order valence-corrected chi connectivity index (χ2v) is 4.08. The highest BCUT2D eigenvalue weighted by Crippen LogP contribution is 2.19. The van der Waals surface area contributed by atoms with Gasteiger partial charge in [-0.05, 0) is 60.6 Å². The molecule has 2 heteroatoms. The van der Waals surface area contributed by atoms with Gasteiger partial charge in [0, 0.05) is 9.13 Å². The van der Waals surface area contributed by atoms with E-state index in [1.807, 2.05) is 26.0 Å². The molecule has 1 aromatic rings. The number of Topliss-reactive ketones (excluding diaryl/α,β-unsaturated/α-hetero) is 1. The first kappa shape index (κ1) is 9.71. The van der Waals surface area contributed by atoms with Crippen molar-refractivity contribution in [3.05, 3.63) is 32.4 Å². The van der Waals surface area contributed by atoms with E-state index in [4.69, 9.17) is 0 Å². The van der Waals surface area contributed by atoms with Crippen molar-refractivity contribution in [3.8, 4) is 0 Å². The summed E-state index contributed by atoms with van der Waals surface area (Å²) in [7, 11) is 0. The van der Waals surface area contributed by atoms with Crippen LogP contribution in [0, 0.1) is 17.4 Å². The van der Waals surface area contributed by atoms with Crippen LogP contribution in [0.5, 0.6) is 0 Å². The number of aryl methyl sites for hydroxylation is 1. The highest BCUT2D eigenvalue weighted by Gasteiger charge is 2.09. The van der Waals surface area contributed by atoms with Crippen molar-refractivity contribution in [2.45, 2.75) is 20.8 Å². The van der Waals surface area contributed by atoms with E-state index in [9.17, 15) is 4.79 Å². The average molecular weight is 274 g/mol. The maximum absolute atomic E-state index is 11.2. The molecule has 0 radical (unpaired) electrons. The van der Waals surface area contributed by atoms with Crippen LogP contribution >= 0.6 is 22.6 Å². The van der Waals surface area contributed by atoms with Crippen molar-refractivity contribution in [2.75, 3.05) is 0 Å². The van der Waals surface area contributed by atoms with Gasteiger partial charge in [0.05, 0.1) is 0 Å². The first-order valence-corrected chi connectivity index (χ1v) is 4.88. The molecule has 1 aromatic carbocycles. The van der Waals surface area contributed by atoms with Crippen LogP contribution in [0.1, 0.15) is 28.4 Å². The Labute approximate surface area is 86.3 Å². The lowest BCUT2D eigenvalue weighted by Crippen LogP contribution is -2.01. The van der Waals surface area contributed by atoms with Crippen LogP contribution in [0.4, 0.5) is 0 Å². The van der Waals surface area contributed by atoms with Crippen LogP contribution in [-0.4, -0.2) is 5.78 Å². The highest BCUT2D eigenvalue weighted by atomic mass is 127. The molecule has 0 aliphatic heterocycles. The summed E-state index contributed by atoms with van der Waals surface area (Å²) >= 11 is 2.25. The van der Waals surface area contributed by atoms with Gasteiger partial charge in [-0.2, -0.15) is 0 Å². The summed E-state index contributed by atoms with van der Waals surface area (Å²) in [6.07, 6.45) is 0. The van der Waals surface area contributed by atoms with E-state index in [1.54, 1.807) is 6.92 Å². The molecule has 12 heavy (non-hydrogen) atoms. The second kappa shape index (κ2) is 3.56. The standard InChI is InChI=1S/C10H11IO/c1-6-4-5-9(11)7(2)10(6)8(3)12/h4-5H,1-3H3. The number of benzene rings is 1. The summed E-state index contributed by atoms with van der Waals surface area (Å²) in [6, 6.07) is 4.03. The molecule has 0 saturated heterocycles. The van der Waals surface area contributed by atoms with Gasteiger partial charge >= 0.3 is 0 Å². The smallest absolute Gasteiger partial charge is 0.160 e. The molecule has 0 aliphatic rings. The van der Waals surface area contributed by atoms with E-state index in [-0.39, 0.29) is 5.78 Å². The van der Waals surface area contributed by atoms with E-state index in [0.29, 0.717) is 0 Å². The third kappa shape index (κ3) is 1.68. The van der Waals surface area contributed by atoms with Gasteiger partial charge in [0.15, 0.2) is 5.78 Å². The molecule has 0 atom stereocenters. The summed E-state index contributed by atoms with van der Waals surface area (Å²) in [5, 5.41) is 0. The lowest BCUT2D eigenvalue weighted by atomic mass is 10.0. The summed E-state index contributed by atoms with van der Waals surface area (Å²) in [5.74, 6) is 0.156. The Kier molecular flexibility index (Phi) is 2.88. The van der Waals surface area contributed by atoms with Crippen LogP contribution in [0.2, 0.25) is 0 Å². The molecule has 0 heterocycles. The van der Waals surface area contributed by atoms with Gasteiger partial charge in [0.25, 0.3) is 0 Å². The van der Waals surface area contributed by atoms with Crippen LogP contribution < -0.4 is 0 Å². The number of hydrogen-bond acceptors (Lipinski definition) is 1. The summed E-state index contributed by atoms with van der Waals surface area (Å²) in [5.41, 5.74) is 3.05. The average Bonchev–Trinajstić information content (AvgIpc) is 1.97.